The van der Waals surface area contributed by atoms with Crippen molar-refractivity contribution in [1.82, 2.24) is 9.97 Å². The highest BCUT2D eigenvalue weighted by Crippen LogP contribution is 2.21. The molecule has 1 atom stereocenters. The highest BCUT2D eigenvalue weighted by atomic mass is 16.2. The zero-order valence-corrected chi connectivity index (χ0v) is 11.6. The van der Waals surface area contributed by atoms with E-state index >= 15 is 0 Å². The summed E-state index contributed by atoms with van der Waals surface area (Å²) in [6.45, 7) is 4.35. The number of aryl methyl sites for hydroxylation is 1. The SMILES string of the molecule is Cc1nc2ccc(N(C)C(=O)C(C)CCN)cc2[nH]1. The lowest BCUT2D eigenvalue weighted by atomic mass is 10.1. The number of rotatable bonds is 4. The van der Waals surface area contributed by atoms with Crippen molar-refractivity contribution in [2.75, 3.05) is 18.5 Å². The number of H-pyrrole nitrogens is 1. The summed E-state index contributed by atoms with van der Waals surface area (Å²) in [5.41, 5.74) is 8.22. The van der Waals surface area contributed by atoms with Gasteiger partial charge in [0.05, 0.1) is 11.0 Å². The lowest BCUT2D eigenvalue weighted by Gasteiger charge is -2.21. The van der Waals surface area contributed by atoms with E-state index in [0.717, 1.165) is 22.5 Å². The van der Waals surface area contributed by atoms with Gasteiger partial charge in [-0.1, -0.05) is 6.92 Å². The molecule has 0 spiro atoms. The number of nitrogens with two attached hydrogens (primary N) is 1. The maximum Gasteiger partial charge on any atom is 0.229 e. The van der Waals surface area contributed by atoms with Gasteiger partial charge in [-0.15, -0.1) is 0 Å². The van der Waals surface area contributed by atoms with Gasteiger partial charge in [-0.25, -0.2) is 4.98 Å². The predicted molar refractivity (Wildman–Crippen MR) is 77.1 cm³/mol. The van der Waals surface area contributed by atoms with E-state index in [1.54, 1.807) is 11.9 Å². The molecular formula is C14H20N4O. The van der Waals surface area contributed by atoms with Crippen molar-refractivity contribution in [3.05, 3.63) is 24.0 Å². The van der Waals surface area contributed by atoms with Crippen molar-refractivity contribution in [2.24, 2.45) is 11.7 Å². The molecule has 0 saturated heterocycles. The number of fused-ring (bicyclic) bond motifs is 1. The molecule has 0 saturated carbocycles. The second-order valence-corrected chi connectivity index (χ2v) is 4.90. The van der Waals surface area contributed by atoms with Crippen LogP contribution in [0.5, 0.6) is 0 Å². The Labute approximate surface area is 112 Å². The van der Waals surface area contributed by atoms with Crippen molar-refractivity contribution in [3.63, 3.8) is 0 Å². The van der Waals surface area contributed by atoms with E-state index in [1.165, 1.54) is 0 Å². The van der Waals surface area contributed by atoms with Gasteiger partial charge in [0.1, 0.15) is 5.82 Å². The van der Waals surface area contributed by atoms with Gasteiger partial charge in [-0.3, -0.25) is 4.79 Å². The van der Waals surface area contributed by atoms with Gasteiger partial charge in [-0.05, 0) is 38.1 Å². The third kappa shape index (κ3) is 2.76. The standard InChI is InChI=1S/C14H20N4O/c1-9(6-7-15)14(19)18(3)11-4-5-12-13(8-11)17-10(2)16-12/h4-5,8-9H,6-7,15H2,1-3H3,(H,16,17). The Morgan fingerprint density at radius 1 is 1.53 bits per heavy atom. The first-order chi connectivity index (χ1) is 9.02. The summed E-state index contributed by atoms with van der Waals surface area (Å²) >= 11 is 0. The van der Waals surface area contributed by atoms with Crippen LogP contribution in [-0.4, -0.2) is 29.5 Å². The van der Waals surface area contributed by atoms with Crippen LogP contribution in [-0.2, 0) is 4.79 Å². The number of hydrogen-bond donors (Lipinski definition) is 2. The Hall–Kier alpha value is -1.88. The van der Waals surface area contributed by atoms with E-state index in [2.05, 4.69) is 9.97 Å². The number of nitrogens with one attached hydrogen (secondary N) is 1. The topological polar surface area (TPSA) is 75.0 Å². The summed E-state index contributed by atoms with van der Waals surface area (Å²) in [6.07, 6.45) is 0.703. The molecule has 0 aliphatic heterocycles. The minimum Gasteiger partial charge on any atom is -0.342 e. The smallest absolute Gasteiger partial charge is 0.229 e. The molecule has 5 nitrogen and oxygen atoms in total. The lowest BCUT2D eigenvalue weighted by Crippen LogP contribution is -2.32. The first-order valence-electron chi connectivity index (χ1n) is 6.47. The fourth-order valence-electron chi connectivity index (χ4n) is 2.17. The van der Waals surface area contributed by atoms with Crippen molar-refractivity contribution in [3.8, 4) is 0 Å². The quantitative estimate of drug-likeness (QED) is 0.880. The normalized spacial score (nSPS) is 12.6. The molecule has 1 aromatic carbocycles. The van der Waals surface area contributed by atoms with Crippen LogP contribution < -0.4 is 10.6 Å². The molecule has 2 rings (SSSR count). The number of amides is 1. The molecule has 0 aliphatic carbocycles. The van der Waals surface area contributed by atoms with Crippen molar-refractivity contribution >= 4 is 22.6 Å². The molecule has 2 aromatic rings. The number of aromatic nitrogens is 2. The van der Waals surface area contributed by atoms with Crippen molar-refractivity contribution in [1.29, 1.82) is 0 Å². The van der Waals surface area contributed by atoms with E-state index in [-0.39, 0.29) is 11.8 Å². The van der Waals surface area contributed by atoms with E-state index < -0.39 is 0 Å². The van der Waals surface area contributed by atoms with Gasteiger partial charge < -0.3 is 15.6 Å². The van der Waals surface area contributed by atoms with Gasteiger partial charge in [0.2, 0.25) is 5.91 Å². The van der Waals surface area contributed by atoms with Crippen LogP contribution in [0.4, 0.5) is 5.69 Å². The Bertz CT molecular complexity index is 590. The zero-order chi connectivity index (χ0) is 14.0. The minimum atomic E-state index is -0.0609. The Morgan fingerprint density at radius 2 is 2.26 bits per heavy atom. The third-order valence-corrected chi connectivity index (χ3v) is 3.32. The third-order valence-electron chi connectivity index (χ3n) is 3.32. The van der Waals surface area contributed by atoms with Crippen LogP contribution in [0.25, 0.3) is 11.0 Å². The average Bonchev–Trinajstić information content (AvgIpc) is 2.76. The molecule has 1 amide bonds. The molecule has 0 radical (unpaired) electrons. The fourth-order valence-corrected chi connectivity index (χ4v) is 2.17. The van der Waals surface area contributed by atoms with Crippen LogP contribution in [0.1, 0.15) is 19.2 Å². The monoisotopic (exact) mass is 260 g/mol. The zero-order valence-electron chi connectivity index (χ0n) is 11.6. The summed E-state index contributed by atoms with van der Waals surface area (Å²) in [5, 5.41) is 0. The van der Waals surface area contributed by atoms with Crippen molar-refractivity contribution < 1.29 is 4.79 Å². The number of carbonyl (C=O) groups excluding carboxylic acids is 1. The largest absolute Gasteiger partial charge is 0.342 e. The van der Waals surface area contributed by atoms with Crippen LogP contribution in [0.15, 0.2) is 18.2 Å². The predicted octanol–water partition coefficient (Wildman–Crippen LogP) is 1.82. The molecule has 0 aliphatic rings. The van der Waals surface area contributed by atoms with Crippen molar-refractivity contribution in [2.45, 2.75) is 20.3 Å². The lowest BCUT2D eigenvalue weighted by molar-refractivity contribution is -0.121. The van der Waals surface area contributed by atoms with Crippen LogP contribution in [0.3, 0.4) is 0 Å². The molecule has 1 unspecified atom stereocenters. The number of imidazole rings is 1. The number of carbonyl (C=O) groups is 1. The fraction of sp³-hybridized carbons (Fsp3) is 0.429. The summed E-state index contributed by atoms with van der Waals surface area (Å²) in [6, 6.07) is 5.78. The Morgan fingerprint density at radius 3 is 2.95 bits per heavy atom. The highest BCUT2D eigenvalue weighted by molar-refractivity contribution is 5.96. The Balaban J connectivity index is 2.25. The first kappa shape index (κ1) is 13.5. The van der Waals surface area contributed by atoms with Crippen LogP contribution in [0.2, 0.25) is 0 Å². The molecule has 1 heterocycles. The Kier molecular flexibility index (Phi) is 3.85. The maximum atomic E-state index is 12.2. The van der Waals surface area contributed by atoms with Gasteiger partial charge in [0, 0.05) is 18.7 Å². The molecule has 0 fully saturated rings. The van der Waals surface area contributed by atoms with E-state index in [1.807, 2.05) is 32.0 Å². The first-order valence-corrected chi connectivity index (χ1v) is 6.47. The van der Waals surface area contributed by atoms with Gasteiger partial charge in [0.15, 0.2) is 0 Å². The number of nitrogens with zero attached hydrogens (tertiary/aromatic N) is 2. The van der Waals surface area contributed by atoms with Gasteiger partial charge >= 0.3 is 0 Å². The molecule has 3 N–H and O–H groups in total. The summed E-state index contributed by atoms with van der Waals surface area (Å²) < 4.78 is 0. The van der Waals surface area contributed by atoms with Gasteiger partial charge in [0.25, 0.3) is 0 Å². The second-order valence-electron chi connectivity index (χ2n) is 4.90. The maximum absolute atomic E-state index is 12.2. The van der Waals surface area contributed by atoms with Gasteiger partial charge in [-0.2, -0.15) is 0 Å². The molecule has 102 valence electrons. The second kappa shape index (κ2) is 5.40. The summed E-state index contributed by atoms with van der Waals surface area (Å²) in [5.74, 6) is 0.896. The average molecular weight is 260 g/mol. The molecule has 19 heavy (non-hydrogen) atoms. The molecule has 0 bridgehead atoms. The van der Waals surface area contributed by atoms with E-state index in [9.17, 15) is 4.79 Å². The number of benzene rings is 1. The summed E-state index contributed by atoms with van der Waals surface area (Å²) in [7, 11) is 1.79. The molecule has 1 aromatic heterocycles. The van der Waals surface area contributed by atoms with E-state index in [0.29, 0.717) is 13.0 Å². The molecule has 5 heteroatoms. The number of anilines is 1. The number of hydrogen-bond acceptors (Lipinski definition) is 3. The minimum absolute atomic E-state index is 0.0609. The van der Waals surface area contributed by atoms with Crippen LogP contribution in [0, 0.1) is 12.8 Å². The van der Waals surface area contributed by atoms with Crippen LogP contribution >= 0.6 is 0 Å². The summed E-state index contributed by atoms with van der Waals surface area (Å²) in [4.78, 5) is 21.4. The number of aromatic amines is 1. The highest BCUT2D eigenvalue weighted by Gasteiger charge is 2.18. The molecular weight excluding hydrogens is 240 g/mol. The van der Waals surface area contributed by atoms with E-state index in [4.69, 9.17) is 5.73 Å².